The lowest BCUT2D eigenvalue weighted by atomic mass is 10.0. The van der Waals surface area contributed by atoms with Crippen LogP contribution >= 0.6 is 0 Å². The Kier molecular flexibility index (Phi) is 14.9. The average molecular weight is 368 g/mol. The van der Waals surface area contributed by atoms with Gasteiger partial charge in [0.05, 0.1) is 12.4 Å². The zero-order valence-electron chi connectivity index (χ0n) is 17.7. The van der Waals surface area contributed by atoms with E-state index in [1.54, 1.807) is 0 Å². The van der Waals surface area contributed by atoms with E-state index in [9.17, 15) is 0 Å². The van der Waals surface area contributed by atoms with Crippen LogP contribution in [-0.2, 0) is 0 Å². The van der Waals surface area contributed by atoms with E-state index >= 15 is 0 Å². The molecule has 1 saturated heterocycles. The zero-order chi connectivity index (χ0) is 18.9. The van der Waals surface area contributed by atoms with Gasteiger partial charge in [0.25, 0.3) is 0 Å². The Hall–Kier alpha value is -0.610. The predicted octanol–water partition coefficient (Wildman–Crippen LogP) is 5.89. The second-order valence-electron chi connectivity index (χ2n) is 8.24. The lowest BCUT2D eigenvalue weighted by molar-refractivity contribution is 0.256. The van der Waals surface area contributed by atoms with Gasteiger partial charge >= 0.3 is 0 Å². The van der Waals surface area contributed by atoms with Gasteiger partial charge in [-0.3, -0.25) is 9.80 Å². The van der Waals surface area contributed by atoms with Crippen LogP contribution in [0.1, 0.15) is 104 Å². The van der Waals surface area contributed by atoms with Crippen molar-refractivity contribution in [3.63, 3.8) is 0 Å². The molecule has 1 fully saturated rings. The van der Waals surface area contributed by atoms with Gasteiger partial charge in [0.15, 0.2) is 0 Å². The van der Waals surface area contributed by atoms with Crippen molar-refractivity contribution in [1.29, 1.82) is 0 Å². The summed E-state index contributed by atoms with van der Waals surface area (Å²) in [5.41, 5.74) is 0.809. The zero-order valence-corrected chi connectivity index (χ0v) is 17.7. The molecule has 4 heteroatoms. The van der Waals surface area contributed by atoms with Crippen LogP contribution in [0.5, 0.6) is 0 Å². The molecule has 1 rings (SSSR count). The largest absolute Gasteiger partial charge is 0.411 e. The lowest BCUT2D eigenvalue weighted by Gasteiger charge is -2.17. The van der Waals surface area contributed by atoms with Crippen molar-refractivity contribution in [2.24, 2.45) is 5.16 Å². The summed E-state index contributed by atoms with van der Waals surface area (Å²) in [6, 6.07) is 0. The van der Waals surface area contributed by atoms with Crippen LogP contribution in [0.2, 0.25) is 0 Å². The molecule has 0 aromatic rings. The molecule has 0 spiro atoms. The van der Waals surface area contributed by atoms with Gasteiger partial charge in [-0.25, -0.2) is 0 Å². The minimum absolute atomic E-state index is 0.797. The molecule has 0 radical (unpaired) electrons. The van der Waals surface area contributed by atoms with E-state index in [1.165, 1.54) is 96.4 Å². The molecular weight excluding hydrogens is 322 g/mol. The van der Waals surface area contributed by atoms with E-state index in [0.29, 0.717) is 0 Å². The van der Waals surface area contributed by atoms with Gasteiger partial charge in [-0.05, 0) is 19.9 Å². The lowest BCUT2D eigenvalue weighted by Crippen LogP contribution is -2.29. The quantitative estimate of drug-likeness (QED) is 0.151. The van der Waals surface area contributed by atoms with Crippen molar-refractivity contribution in [3.8, 4) is 0 Å². The summed E-state index contributed by atoms with van der Waals surface area (Å²) in [6.07, 6.45) is 19.9. The molecule has 0 amide bonds. The Labute approximate surface area is 163 Å². The molecule has 0 unspecified atom stereocenters. The first-order chi connectivity index (χ1) is 12.8. The topological polar surface area (TPSA) is 39.1 Å². The van der Waals surface area contributed by atoms with Crippen molar-refractivity contribution in [3.05, 3.63) is 0 Å². The second-order valence-corrected chi connectivity index (χ2v) is 8.24. The highest BCUT2D eigenvalue weighted by Crippen LogP contribution is 2.13. The van der Waals surface area contributed by atoms with E-state index in [2.05, 4.69) is 21.9 Å². The highest BCUT2D eigenvalue weighted by molar-refractivity contribution is 5.83. The first-order valence-electron chi connectivity index (χ1n) is 11.4. The summed E-state index contributed by atoms with van der Waals surface area (Å²) in [6.45, 7) is 9.50. The molecule has 1 aliphatic heterocycles. The third-order valence-corrected chi connectivity index (χ3v) is 5.58. The number of oxime groups is 1. The number of unbranched alkanes of at least 4 members (excludes halogenated alkanes) is 13. The van der Waals surface area contributed by atoms with Crippen LogP contribution < -0.4 is 0 Å². The predicted molar refractivity (Wildman–Crippen MR) is 113 cm³/mol. The van der Waals surface area contributed by atoms with Crippen LogP contribution in [-0.4, -0.2) is 53.6 Å². The monoisotopic (exact) mass is 367 g/mol. The Morgan fingerprint density at radius 1 is 0.731 bits per heavy atom. The van der Waals surface area contributed by atoms with Crippen LogP contribution in [0.15, 0.2) is 5.16 Å². The van der Waals surface area contributed by atoms with Gasteiger partial charge in [-0.1, -0.05) is 95.6 Å². The van der Waals surface area contributed by atoms with Crippen LogP contribution in [0.4, 0.5) is 0 Å². The summed E-state index contributed by atoms with van der Waals surface area (Å²) >= 11 is 0. The van der Waals surface area contributed by atoms with Gasteiger partial charge in [-0.2, -0.15) is 0 Å². The molecule has 0 saturated carbocycles. The van der Waals surface area contributed by atoms with Crippen molar-refractivity contribution in [1.82, 2.24) is 9.80 Å². The molecule has 0 aromatic carbocycles. The van der Waals surface area contributed by atoms with E-state index in [4.69, 9.17) is 5.21 Å². The van der Waals surface area contributed by atoms with Gasteiger partial charge in [-0.15, -0.1) is 0 Å². The summed E-state index contributed by atoms with van der Waals surface area (Å²) in [5, 5.41) is 12.0. The number of rotatable bonds is 17. The third-order valence-electron chi connectivity index (χ3n) is 5.58. The van der Waals surface area contributed by atoms with Crippen molar-refractivity contribution >= 4 is 5.71 Å². The fraction of sp³-hybridized carbons (Fsp3) is 0.955. The Bertz CT molecular complexity index is 346. The van der Waals surface area contributed by atoms with Crippen LogP contribution in [0.3, 0.4) is 0 Å². The van der Waals surface area contributed by atoms with Gasteiger partial charge in [0.2, 0.25) is 0 Å². The third kappa shape index (κ3) is 12.7. The summed E-state index contributed by atoms with van der Waals surface area (Å²) < 4.78 is 0. The number of hydrogen-bond donors (Lipinski definition) is 1. The molecule has 4 nitrogen and oxygen atoms in total. The Morgan fingerprint density at radius 2 is 1.19 bits per heavy atom. The molecule has 1 heterocycles. The molecule has 0 atom stereocenters. The highest BCUT2D eigenvalue weighted by Gasteiger charge is 2.19. The maximum Gasteiger partial charge on any atom is 0.0680 e. The maximum atomic E-state index is 8.75. The minimum atomic E-state index is 0.797. The normalized spacial score (nSPS) is 16.6. The average Bonchev–Trinajstić information content (AvgIpc) is 3.09. The van der Waals surface area contributed by atoms with Gasteiger partial charge in [0.1, 0.15) is 0 Å². The van der Waals surface area contributed by atoms with Crippen molar-refractivity contribution < 1.29 is 5.21 Å². The molecule has 0 aromatic heterocycles. The van der Waals surface area contributed by atoms with E-state index in [-0.39, 0.29) is 0 Å². The molecule has 0 bridgehead atoms. The first kappa shape index (κ1) is 23.4. The smallest absolute Gasteiger partial charge is 0.0680 e. The summed E-state index contributed by atoms with van der Waals surface area (Å²) in [7, 11) is 0. The van der Waals surface area contributed by atoms with Crippen LogP contribution in [0, 0.1) is 0 Å². The highest BCUT2D eigenvalue weighted by atomic mass is 16.4. The molecule has 26 heavy (non-hydrogen) atoms. The van der Waals surface area contributed by atoms with Gasteiger partial charge in [0, 0.05) is 19.6 Å². The molecule has 0 aliphatic carbocycles. The Morgan fingerprint density at radius 3 is 1.69 bits per heavy atom. The van der Waals surface area contributed by atoms with E-state index < -0.39 is 0 Å². The number of hydrogen-bond acceptors (Lipinski definition) is 4. The maximum absolute atomic E-state index is 8.75. The summed E-state index contributed by atoms with van der Waals surface area (Å²) in [5.74, 6) is 0. The van der Waals surface area contributed by atoms with Crippen molar-refractivity contribution in [2.75, 3.05) is 32.8 Å². The van der Waals surface area contributed by atoms with Crippen LogP contribution in [0.25, 0.3) is 0 Å². The summed E-state index contributed by atoms with van der Waals surface area (Å²) in [4.78, 5) is 4.89. The fourth-order valence-corrected chi connectivity index (χ4v) is 3.90. The molecular formula is C22H45N3O. The van der Waals surface area contributed by atoms with E-state index in [0.717, 1.165) is 32.0 Å². The van der Waals surface area contributed by atoms with E-state index in [1.807, 2.05) is 6.92 Å². The standard InChI is InChI=1S/C22H45N3O/c1-3-4-5-6-7-8-9-10-11-12-13-14-15-16-17-24-18-19-25(21-24)20-22(2)23-26/h26H,3-21H2,1-2H3/b23-22+. The first-order valence-corrected chi connectivity index (χ1v) is 11.4. The fourth-order valence-electron chi connectivity index (χ4n) is 3.90. The SMILES string of the molecule is CCCCCCCCCCCCCCCCN1CCN(C/C(C)=N/O)C1. The molecule has 1 aliphatic rings. The molecule has 154 valence electrons. The van der Waals surface area contributed by atoms with Crippen molar-refractivity contribution in [2.45, 2.75) is 104 Å². The second kappa shape index (κ2) is 16.6. The number of nitrogens with zero attached hydrogens (tertiary/aromatic N) is 3. The Balaban J connectivity index is 1.79. The molecule has 1 N–H and O–H groups in total. The minimum Gasteiger partial charge on any atom is -0.411 e. The van der Waals surface area contributed by atoms with Gasteiger partial charge < -0.3 is 5.21 Å².